The maximum absolute atomic E-state index is 12.8. The number of rotatable bonds is 8. The van der Waals surface area contributed by atoms with Gasteiger partial charge in [-0.1, -0.05) is 27.2 Å². The lowest BCUT2D eigenvalue weighted by Gasteiger charge is -2.21. The van der Waals surface area contributed by atoms with Gasteiger partial charge in [-0.15, -0.1) is 0 Å². The molecule has 0 unspecified atom stereocenters. The minimum atomic E-state index is -3.50. The maximum Gasteiger partial charge on any atom is 0.246 e. The first-order valence-electron chi connectivity index (χ1n) is 7.62. The molecule has 0 saturated heterocycles. The van der Waals surface area contributed by atoms with Crippen molar-refractivity contribution >= 4 is 10.0 Å². The van der Waals surface area contributed by atoms with Gasteiger partial charge >= 0.3 is 0 Å². The Morgan fingerprint density at radius 2 is 1.62 bits per heavy atom. The van der Waals surface area contributed by atoms with Crippen molar-refractivity contribution in [2.75, 3.05) is 19.7 Å². The van der Waals surface area contributed by atoms with Gasteiger partial charge in [-0.05, 0) is 43.5 Å². The number of ether oxygens (including phenoxy) is 1. The maximum atomic E-state index is 12.8. The Labute approximate surface area is 129 Å². The van der Waals surface area contributed by atoms with E-state index >= 15 is 0 Å². The van der Waals surface area contributed by atoms with Crippen LogP contribution in [0.5, 0.6) is 5.75 Å². The van der Waals surface area contributed by atoms with Crippen LogP contribution < -0.4 is 4.74 Å². The molecule has 5 heteroatoms. The SMILES string of the molecule is CCCCOc1cc(C)c(C)cc1S(=O)(=O)N(CC)CC. The lowest BCUT2D eigenvalue weighted by Crippen LogP contribution is -2.31. The van der Waals surface area contributed by atoms with Crippen molar-refractivity contribution in [3.05, 3.63) is 23.3 Å². The number of hydrogen-bond acceptors (Lipinski definition) is 3. The van der Waals surface area contributed by atoms with Crippen LogP contribution in [0.25, 0.3) is 0 Å². The second-order valence-corrected chi connectivity index (χ2v) is 7.08. The van der Waals surface area contributed by atoms with E-state index in [4.69, 9.17) is 4.74 Å². The summed E-state index contributed by atoms with van der Waals surface area (Å²) in [6.07, 6.45) is 1.93. The quantitative estimate of drug-likeness (QED) is 0.690. The van der Waals surface area contributed by atoms with Crippen LogP contribution in [0, 0.1) is 13.8 Å². The van der Waals surface area contributed by atoms with Crippen LogP contribution in [0.2, 0.25) is 0 Å². The zero-order chi connectivity index (χ0) is 16.0. The first-order chi connectivity index (χ1) is 9.88. The van der Waals surface area contributed by atoms with Crippen molar-refractivity contribution < 1.29 is 13.2 Å². The second-order valence-electron chi connectivity index (χ2n) is 5.17. The van der Waals surface area contributed by atoms with Gasteiger partial charge in [-0.3, -0.25) is 0 Å². The van der Waals surface area contributed by atoms with E-state index in [-0.39, 0.29) is 4.90 Å². The predicted octanol–water partition coefficient (Wildman–Crippen LogP) is 3.51. The van der Waals surface area contributed by atoms with E-state index < -0.39 is 10.0 Å². The summed E-state index contributed by atoms with van der Waals surface area (Å²) < 4.78 is 32.7. The summed E-state index contributed by atoms with van der Waals surface area (Å²) in [4.78, 5) is 0.283. The minimum absolute atomic E-state index is 0.283. The van der Waals surface area contributed by atoms with Crippen LogP contribution in [0.4, 0.5) is 0 Å². The van der Waals surface area contributed by atoms with Gasteiger partial charge in [0.15, 0.2) is 0 Å². The topological polar surface area (TPSA) is 46.6 Å². The van der Waals surface area contributed by atoms with E-state index in [1.165, 1.54) is 4.31 Å². The van der Waals surface area contributed by atoms with Gasteiger partial charge in [0.25, 0.3) is 0 Å². The third-order valence-corrected chi connectivity index (χ3v) is 5.71. The van der Waals surface area contributed by atoms with Gasteiger partial charge < -0.3 is 4.74 Å². The molecule has 21 heavy (non-hydrogen) atoms. The molecule has 0 amide bonds. The van der Waals surface area contributed by atoms with Crippen LogP contribution in [-0.4, -0.2) is 32.4 Å². The molecule has 0 aliphatic carbocycles. The monoisotopic (exact) mass is 313 g/mol. The Morgan fingerprint density at radius 3 is 2.14 bits per heavy atom. The van der Waals surface area contributed by atoms with Gasteiger partial charge in [0.2, 0.25) is 10.0 Å². The Kier molecular flexibility index (Phi) is 6.68. The molecule has 0 bridgehead atoms. The highest BCUT2D eigenvalue weighted by Gasteiger charge is 2.26. The fourth-order valence-electron chi connectivity index (χ4n) is 2.11. The normalized spacial score (nSPS) is 11.9. The summed E-state index contributed by atoms with van der Waals surface area (Å²) in [5, 5.41) is 0. The Hall–Kier alpha value is -1.07. The number of sulfonamides is 1. The predicted molar refractivity (Wildman–Crippen MR) is 86.4 cm³/mol. The molecule has 1 aromatic carbocycles. The van der Waals surface area contributed by atoms with Gasteiger partial charge in [-0.25, -0.2) is 8.42 Å². The summed E-state index contributed by atoms with van der Waals surface area (Å²) in [5.74, 6) is 0.471. The number of benzene rings is 1. The van der Waals surface area contributed by atoms with Crippen molar-refractivity contribution in [2.45, 2.75) is 52.4 Å². The van der Waals surface area contributed by atoms with Gasteiger partial charge in [0, 0.05) is 13.1 Å². The van der Waals surface area contributed by atoms with E-state index in [1.54, 1.807) is 6.07 Å². The lowest BCUT2D eigenvalue weighted by molar-refractivity contribution is 0.300. The van der Waals surface area contributed by atoms with E-state index in [0.717, 1.165) is 24.0 Å². The highest BCUT2D eigenvalue weighted by atomic mass is 32.2. The van der Waals surface area contributed by atoms with Crippen molar-refractivity contribution in [3.8, 4) is 5.75 Å². The second kappa shape index (κ2) is 7.80. The summed E-state index contributed by atoms with van der Waals surface area (Å²) in [5.41, 5.74) is 2.00. The van der Waals surface area contributed by atoms with Gasteiger partial charge in [0.05, 0.1) is 6.61 Å². The summed E-state index contributed by atoms with van der Waals surface area (Å²) in [7, 11) is -3.50. The minimum Gasteiger partial charge on any atom is -0.492 e. The fraction of sp³-hybridized carbons (Fsp3) is 0.625. The Bertz CT molecular complexity index is 563. The number of hydrogen-bond donors (Lipinski definition) is 0. The van der Waals surface area contributed by atoms with Crippen LogP contribution in [0.3, 0.4) is 0 Å². The van der Waals surface area contributed by atoms with Gasteiger partial charge in [0.1, 0.15) is 10.6 Å². The zero-order valence-corrected chi connectivity index (χ0v) is 14.6. The number of nitrogens with zero attached hydrogens (tertiary/aromatic N) is 1. The first kappa shape index (κ1) is 18.0. The molecule has 0 spiro atoms. The third kappa shape index (κ3) is 4.20. The van der Waals surface area contributed by atoms with Crippen LogP contribution in [-0.2, 0) is 10.0 Å². The third-order valence-electron chi connectivity index (χ3n) is 3.64. The van der Waals surface area contributed by atoms with Crippen molar-refractivity contribution in [2.24, 2.45) is 0 Å². The molecule has 0 atom stereocenters. The van der Waals surface area contributed by atoms with E-state index in [2.05, 4.69) is 6.92 Å². The first-order valence-corrected chi connectivity index (χ1v) is 9.06. The summed E-state index contributed by atoms with van der Waals surface area (Å²) >= 11 is 0. The molecule has 1 rings (SSSR count). The highest BCUT2D eigenvalue weighted by Crippen LogP contribution is 2.30. The van der Waals surface area contributed by atoms with Crippen molar-refractivity contribution in [1.29, 1.82) is 0 Å². The molecule has 120 valence electrons. The molecule has 0 fully saturated rings. The lowest BCUT2D eigenvalue weighted by atomic mass is 10.1. The van der Waals surface area contributed by atoms with Crippen molar-refractivity contribution in [3.63, 3.8) is 0 Å². The van der Waals surface area contributed by atoms with E-state index in [0.29, 0.717) is 25.4 Å². The smallest absolute Gasteiger partial charge is 0.246 e. The fourth-order valence-corrected chi connectivity index (χ4v) is 3.76. The molecule has 0 aliphatic heterocycles. The molecule has 0 N–H and O–H groups in total. The number of unbranched alkanes of at least 4 members (excludes halogenated alkanes) is 1. The van der Waals surface area contributed by atoms with Crippen LogP contribution in [0.15, 0.2) is 17.0 Å². The highest BCUT2D eigenvalue weighted by molar-refractivity contribution is 7.89. The van der Waals surface area contributed by atoms with Crippen LogP contribution in [0.1, 0.15) is 44.7 Å². The van der Waals surface area contributed by atoms with E-state index in [1.807, 2.05) is 33.8 Å². The molecular weight excluding hydrogens is 286 g/mol. The average molecular weight is 313 g/mol. The van der Waals surface area contributed by atoms with Crippen molar-refractivity contribution in [1.82, 2.24) is 4.31 Å². The molecule has 0 saturated carbocycles. The zero-order valence-electron chi connectivity index (χ0n) is 13.8. The molecule has 0 heterocycles. The molecular formula is C16H27NO3S. The molecule has 4 nitrogen and oxygen atoms in total. The molecule has 1 aromatic rings. The molecule has 0 radical (unpaired) electrons. The summed E-state index contributed by atoms with van der Waals surface area (Å²) in [6.45, 7) is 11.1. The summed E-state index contributed by atoms with van der Waals surface area (Å²) in [6, 6.07) is 3.56. The largest absolute Gasteiger partial charge is 0.492 e. The van der Waals surface area contributed by atoms with E-state index in [9.17, 15) is 8.42 Å². The molecule has 0 aliphatic rings. The Morgan fingerprint density at radius 1 is 1.05 bits per heavy atom. The van der Waals surface area contributed by atoms with Gasteiger partial charge in [-0.2, -0.15) is 4.31 Å². The number of aryl methyl sites for hydroxylation is 2. The standard InChI is InChI=1S/C16H27NO3S/c1-6-9-10-20-15-11-13(4)14(5)12-16(15)21(18,19)17(7-2)8-3/h11-12H,6-10H2,1-5H3. The Balaban J connectivity index is 3.29. The average Bonchev–Trinajstić information content (AvgIpc) is 2.43. The van der Waals surface area contributed by atoms with Crippen LogP contribution >= 0.6 is 0 Å². The molecule has 0 aromatic heterocycles.